The van der Waals surface area contributed by atoms with Crippen molar-refractivity contribution in [3.05, 3.63) is 15.8 Å². The number of aryl methyl sites for hydroxylation is 1. The Morgan fingerprint density at radius 2 is 2.39 bits per heavy atom. The van der Waals surface area contributed by atoms with Gasteiger partial charge in [-0.2, -0.15) is 0 Å². The van der Waals surface area contributed by atoms with Crippen LogP contribution in [0.5, 0.6) is 0 Å². The summed E-state index contributed by atoms with van der Waals surface area (Å²) in [5, 5.41) is 0. The van der Waals surface area contributed by atoms with Gasteiger partial charge in [0.1, 0.15) is 4.88 Å². The van der Waals surface area contributed by atoms with Gasteiger partial charge in [-0.1, -0.05) is 0 Å². The predicted molar refractivity (Wildman–Crippen MR) is 71.6 cm³/mol. The second kappa shape index (κ2) is 5.28. The number of carbonyl (C=O) groups is 2. The fourth-order valence-electron chi connectivity index (χ4n) is 2.06. The first-order valence-corrected chi connectivity index (χ1v) is 6.97. The summed E-state index contributed by atoms with van der Waals surface area (Å²) in [6, 6.07) is 1.85. The van der Waals surface area contributed by atoms with E-state index in [1.54, 1.807) is 4.90 Å². The molecule has 1 atom stereocenters. The molecule has 0 aliphatic carbocycles. The highest BCUT2D eigenvalue weighted by atomic mass is 35.5. The highest BCUT2D eigenvalue weighted by molar-refractivity contribution is 7.14. The van der Waals surface area contributed by atoms with Crippen LogP contribution in [-0.2, 0) is 9.53 Å². The zero-order chi connectivity index (χ0) is 13.3. The minimum atomic E-state index is -0.398. The fourth-order valence-corrected chi connectivity index (χ4v) is 3.20. The number of nitrogens with zero attached hydrogens (tertiary/aromatic N) is 1. The summed E-state index contributed by atoms with van der Waals surface area (Å²) >= 11 is 7.14. The molecule has 0 bridgehead atoms. The van der Waals surface area contributed by atoms with E-state index < -0.39 is 5.97 Å². The average Bonchev–Trinajstić information content (AvgIpc) is 2.91. The van der Waals surface area contributed by atoms with Gasteiger partial charge in [-0.15, -0.1) is 22.9 Å². The number of methoxy groups -OCH3 is 1. The summed E-state index contributed by atoms with van der Waals surface area (Å²) in [7, 11) is 1.34. The van der Waals surface area contributed by atoms with Crippen molar-refractivity contribution in [2.45, 2.75) is 13.3 Å². The first kappa shape index (κ1) is 13.4. The number of anilines is 1. The highest BCUT2D eigenvalue weighted by Crippen LogP contribution is 2.34. The van der Waals surface area contributed by atoms with Crippen molar-refractivity contribution in [2.24, 2.45) is 5.92 Å². The van der Waals surface area contributed by atoms with Gasteiger partial charge in [0.2, 0.25) is 5.91 Å². The first-order valence-electron chi connectivity index (χ1n) is 5.62. The van der Waals surface area contributed by atoms with Gasteiger partial charge in [-0.25, -0.2) is 4.79 Å². The van der Waals surface area contributed by atoms with Gasteiger partial charge < -0.3 is 9.64 Å². The van der Waals surface area contributed by atoms with Crippen molar-refractivity contribution >= 4 is 40.5 Å². The molecule has 0 saturated carbocycles. The maximum Gasteiger partial charge on any atom is 0.350 e. The molecule has 0 spiro atoms. The van der Waals surface area contributed by atoms with Gasteiger partial charge in [0.05, 0.1) is 12.8 Å². The van der Waals surface area contributed by atoms with Gasteiger partial charge in [0.15, 0.2) is 0 Å². The second-order valence-corrected chi connectivity index (χ2v) is 5.86. The molecule has 2 rings (SSSR count). The Bertz CT molecular complexity index is 486. The number of carbonyl (C=O) groups excluding carboxylic acids is 2. The molecule has 2 heterocycles. The molecule has 1 unspecified atom stereocenters. The Hall–Kier alpha value is -1.07. The molecular weight excluding hydrogens is 274 g/mol. The van der Waals surface area contributed by atoms with Gasteiger partial charge in [-0.3, -0.25) is 4.79 Å². The molecule has 1 aromatic rings. The van der Waals surface area contributed by atoms with Crippen LogP contribution in [0.1, 0.15) is 21.0 Å². The van der Waals surface area contributed by atoms with Crippen molar-refractivity contribution in [3.8, 4) is 0 Å². The third-order valence-electron chi connectivity index (χ3n) is 2.92. The van der Waals surface area contributed by atoms with Gasteiger partial charge in [0.25, 0.3) is 0 Å². The number of rotatable bonds is 3. The average molecular weight is 288 g/mol. The standard InChI is InChI=1S/C12H14ClNO3S/c1-7-3-9(11(18-7)12(16)17-2)14-6-8(5-13)4-10(14)15/h3,8H,4-6H2,1-2H3. The lowest BCUT2D eigenvalue weighted by Crippen LogP contribution is -2.25. The van der Waals surface area contributed by atoms with Gasteiger partial charge >= 0.3 is 5.97 Å². The molecule has 6 heteroatoms. The van der Waals surface area contributed by atoms with Crippen LogP contribution in [0.15, 0.2) is 6.07 Å². The Morgan fingerprint density at radius 3 is 2.94 bits per heavy atom. The molecule has 1 fully saturated rings. The summed E-state index contributed by atoms with van der Waals surface area (Å²) in [6.07, 6.45) is 0.443. The lowest BCUT2D eigenvalue weighted by atomic mass is 10.1. The van der Waals surface area contributed by atoms with Gasteiger partial charge in [0, 0.05) is 23.7 Å². The number of ether oxygens (including phenoxy) is 1. The predicted octanol–water partition coefficient (Wildman–Crippen LogP) is 2.43. The normalized spacial score (nSPS) is 19.4. The SMILES string of the molecule is COC(=O)c1sc(C)cc1N1CC(CCl)CC1=O. The quantitative estimate of drug-likeness (QED) is 0.634. The van der Waals surface area contributed by atoms with Crippen molar-refractivity contribution in [2.75, 3.05) is 24.4 Å². The van der Waals surface area contributed by atoms with Crippen LogP contribution in [0.3, 0.4) is 0 Å². The Kier molecular flexibility index (Phi) is 3.92. The number of alkyl halides is 1. The van der Waals surface area contributed by atoms with Crippen molar-refractivity contribution < 1.29 is 14.3 Å². The Balaban J connectivity index is 2.33. The molecule has 1 amide bonds. The van der Waals surface area contributed by atoms with Crippen LogP contribution in [0, 0.1) is 12.8 Å². The number of hydrogen-bond donors (Lipinski definition) is 0. The third-order valence-corrected chi connectivity index (χ3v) is 4.38. The van der Waals surface area contributed by atoms with Crippen LogP contribution < -0.4 is 4.90 Å². The molecule has 0 N–H and O–H groups in total. The second-order valence-electron chi connectivity index (χ2n) is 4.29. The third kappa shape index (κ3) is 2.37. The largest absolute Gasteiger partial charge is 0.465 e. The summed E-state index contributed by atoms with van der Waals surface area (Å²) in [4.78, 5) is 26.7. The molecule has 0 aromatic carbocycles. The van der Waals surface area contributed by atoms with E-state index in [0.29, 0.717) is 29.4 Å². The van der Waals surface area contributed by atoms with Crippen LogP contribution >= 0.6 is 22.9 Å². The van der Waals surface area contributed by atoms with E-state index in [4.69, 9.17) is 16.3 Å². The summed E-state index contributed by atoms with van der Waals surface area (Å²) in [6.45, 7) is 2.47. The zero-order valence-corrected chi connectivity index (χ0v) is 11.8. The molecule has 4 nitrogen and oxygen atoms in total. The van der Waals surface area contributed by atoms with E-state index in [1.165, 1.54) is 18.4 Å². The summed E-state index contributed by atoms with van der Waals surface area (Å²) < 4.78 is 4.75. The van der Waals surface area contributed by atoms with E-state index in [2.05, 4.69) is 0 Å². The highest BCUT2D eigenvalue weighted by Gasteiger charge is 2.33. The number of thiophene rings is 1. The molecule has 18 heavy (non-hydrogen) atoms. The summed E-state index contributed by atoms with van der Waals surface area (Å²) in [5.41, 5.74) is 0.655. The lowest BCUT2D eigenvalue weighted by Gasteiger charge is -2.16. The minimum Gasteiger partial charge on any atom is -0.465 e. The molecule has 1 aromatic heterocycles. The lowest BCUT2D eigenvalue weighted by molar-refractivity contribution is -0.117. The Morgan fingerprint density at radius 1 is 1.67 bits per heavy atom. The van der Waals surface area contributed by atoms with Crippen LogP contribution in [-0.4, -0.2) is 31.4 Å². The van der Waals surface area contributed by atoms with E-state index in [9.17, 15) is 9.59 Å². The molecule has 98 valence electrons. The number of halogens is 1. The van der Waals surface area contributed by atoms with E-state index >= 15 is 0 Å². The molecule has 0 radical (unpaired) electrons. The van der Waals surface area contributed by atoms with Crippen molar-refractivity contribution in [1.29, 1.82) is 0 Å². The maximum absolute atomic E-state index is 11.9. The van der Waals surface area contributed by atoms with Crippen LogP contribution in [0.2, 0.25) is 0 Å². The number of esters is 1. The zero-order valence-electron chi connectivity index (χ0n) is 10.2. The monoisotopic (exact) mass is 287 g/mol. The van der Waals surface area contributed by atoms with E-state index in [0.717, 1.165) is 4.88 Å². The topological polar surface area (TPSA) is 46.6 Å². The van der Waals surface area contributed by atoms with Gasteiger partial charge in [-0.05, 0) is 18.9 Å². The molecule has 1 aliphatic rings. The van der Waals surface area contributed by atoms with Crippen LogP contribution in [0.25, 0.3) is 0 Å². The fraction of sp³-hybridized carbons (Fsp3) is 0.500. The smallest absolute Gasteiger partial charge is 0.350 e. The minimum absolute atomic E-state index is 0.0172. The maximum atomic E-state index is 11.9. The molecular formula is C12H14ClNO3S. The van der Waals surface area contributed by atoms with Crippen molar-refractivity contribution in [3.63, 3.8) is 0 Å². The number of amides is 1. The molecule has 1 aliphatic heterocycles. The van der Waals surface area contributed by atoms with Crippen molar-refractivity contribution in [1.82, 2.24) is 0 Å². The first-order chi connectivity index (χ1) is 8.56. The van der Waals surface area contributed by atoms with E-state index in [1.807, 2.05) is 13.0 Å². The number of hydrogen-bond acceptors (Lipinski definition) is 4. The molecule has 1 saturated heterocycles. The summed E-state index contributed by atoms with van der Waals surface area (Å²) in [5.74, 6) is 0.234. The Labute approximate surface area is 114 Å². The van der Waals surface area contributed by atoms with E-state index in [-0.39, 0.29) is 11.8 Å². The van der Waals surface area contributed by atoms with Crippen LogP contribution in [0.4, 0.5) is 5.69 Å².